The van der Waals surface area contributed by atoms with Gasteiger partial charge in [-0.2, -0.15) is 4.98 Å². The Morgan fingerprint density at radius 3 is 2.49 bits per heavy atom. The van der Waals surface area contributed by atoms with Gasteiger partial charge in [0.25, 0.3) is 12.1 Å². The minimum absolute atomic E-state index is 0.0198. The second kappa shape index (κ2) is 11.4. The van der Waals surface area contributed by atoms with Crippen molar-refractivity contribution in [3.05, 3.63) is 69.3 Å². The smallest absolute Gasteiger partial charge is 0.335 e. The van der Waals surface area contributed by atoms with Crippen molar-refractivity contribution in [3.8, 4) is 11.6 Å². The van der Waals surface area contributed by atoms with Crippen molar-refractivity contribution in [1.82, 2.24) is 24.0 Å². The molecule has 0 radical (unpaired) electrons. The lowest BCUT2D eigenvalue weighted by Crippen LogP contribution is -2.29. The summed E-state index contributed by atoms with van der Waals surface area (Å²) >= 11 is 0. The number of nitrogens with zero attached hydrogens (tertiary/aromatic N) is 7. The number of nitrogens with one attached hydrogen (secondary N) is 1. The Balaban J connectivity index is 1.74. The molecule has 14 heteroatoms. The molecule has 4 aromatic rings. The van der Waals surface area contributed by atoms with Gasteiger partial charge in [-0.05, 0) is 26.2 Å². The SMILES string of the molecule is COc1cc(N(C)CCN(C)C)c([N+](=O)[O-])cc1Nc1nccc(-n2c(=O)n(CC(F)F)c3ccccc32)n1. The van der Waals surface area contributed by atoms with Gasteiger partial charge in [-0.3, -0.25) is 14.7 Å². The largest absolute Gasteiger partial charge is 0.494 e. The van der Waals surface area contributed by atoms with Gasteiger partial charge < -0.3 is 19.9 Å². The minimum atomic E-state index is -2.72. The fraction of sp³-hybridized carbons (Fsp3) is 0.320. The Morgan fingerprint density at radius 1 is 1.13 bits per heavy atom. The molecular formula is C25H28F2N8O4. The first-order valence-electron chi connectivity index (χ1n) is 11.9. The molecular weight excluding hydrogens is 514 g/mol. The summed E-state index contributed by atoms with van der Waals surface area (Å²) in [7, 11) is 7.01. The van der Waals surface area contributed by atoms with Crippen LogP contribution in [0.4, 0.5) is 31.8 Å². The molecule has 2 heterocycles. The highest BCUT2D eigenvalue weighted by Gasteiger charge is 2.23. The number of benzene rings is 2. The molecule has 0 unspecified atom stereocenters. The van der Waals surface area contributed by atoms with Crippen LogP contribution in [0, 0.1) is 10.1 Å². The van der Waals surface area contributed by atoms with Gasteiger partial charge in [0.15, 0.2) is 0 Å². The molecule has 1 N–H and O–H groups in total. The Labute approximate surface area is 222 Å². The summed E-state index contributed by atoms with van der Waals surface area (Å²) in [6.45, 7) is 0.464. The molecule has 12 nitrogen and oxygen atoms in total. The van der Waals surface area contributed by atoms with Crippen LogP contribution in [0.15, 0.2) is 53.5 Å². The van der Waals surface area contributed by atoms with Gasteiger partial charge in [-0.1, -0.05) is 12.1 Å². The van der Waals surface area contributed by atoms with Crippen molar-refractivity contribution in [3.63, 3.8) is 0 Å². The fourth-order valence-corrected chi connectivity index (χ4v) is 4.15. The summed E-state index contributed by atoms with van der Waals surface area (Å²) in [5.41, 5.74) is 0.505. The van der Waals surface area contributed by atoms with Gasteiger partial charge >= 0.3 is 5.69 Å². The van der Waals surface area contributed by atoms with E-state index in [4.69, 9.17) is 4.74 Å². The maximum absolute atomic E-state index is 13.2. The number of halogens is 2. The zero-order valence-electron chi connectivity index (χ0n) is 21.8. The molecule has 0 spiro atoms. The van der Waals surface area contributed by atoms with Gasteiger partial charge in [0.1, 0.15) is 17.3 Å². The monoisotopic (exact) mass is 542 g/mol. The zero-order chi connectivity index (χ0) is 28.3. The number of hydrogen-bond acceptors (Lipinski definition) is 9. The third-order valence-corrected chi connectivity index (χ3v) is 6.06. The van der Waals surface area contributed by atoms with E-state index in [1.54, 1.807) is 42.3 Å². The van der Waals surface area contributed by atoms with Gasteiger partial charge in [-0.25, -0.2) is 23.1 Å². The van der Waals surface area contributed by atoms with E-state index in [9.17, 15) is 23.7 Å². The van der Waals surface area contributed by atoms with E-state index in [1.807, 2.05) is 19.0 Å². The molecule has 2 aromatic heterocycles. The van der Waals surface area contributed by atoms with Crippen LogP contribution in [0.5, 0.6) is 5.75 Å². The van der Waals surface area contributed by atoms with E-state index in [0.717, 1.165) is 4.57 Å². The molecule has 0 aliphatic heterocycles. The van der Waals surface area contributed by atoms with Crippen molar-refractivity contribution in [2.45, 2.75) is 13.0 Å². The van der Waals surface area contributed by atoms with E-state index < -0.39 is 23.6 Å². The molecule has 206 valence electrons. The van der Waals surface area contributed by atoms with Crippen molar-refractivity contribution < 1.29 is 18.4 Å². The number of aromatic nitrogens is 4. The number of alkyl halides is 2. The second-order valence-corrected chi connectivity index (χ2v) is 8.99. The van der Waals surface area contributed by atoms with Crippen LogP contribution in [-0.4, -0.2) is 76.7 Å². The van der Waals surface area contributed by atoms with Crippen molar-refractivity contribution in [2.24, 2.45) is 0 Å². The van der Waals surface area contributed by atoms with Gasteiger partial charge in [0.05, 0.1) is 35.3 Å². The van der Waals surface area contributed by atoms with Crippen molar-refractivity contribution >= 4 is 34.0 Å². The minimum Gasteiger partial charge on any atom is -0.494 e. The van der Waals surface area contributed by atoms with Gasteiger partial charge in [0.2, 0.25) is 5.95 Å². The molecule has 39 heavy (non-hydrogen) atoms. The van der Waals surface area contributed by atoms with Crippen molar-refractivity contribution in [1.29, 1.82) is 0 Å². The number of nitro benzene ring substituents is 1. The molecule has 0 atom stereocenters. The first-order chi connectivity index (χ1) is 18.6. The predicted octanol–water partition coefficient (Wildman–Crippen LogP) is 3.51. The first kappa shape index (κ1) is 27.4. The highest BCUT2D eigenvalue weighted by molar-refractivity contribution is 5.78. The molecule has 0 saturated carbocycles. The van der Waals surface area contributed by atoms with Crippen LogP contribution in [0.2, 0.25) is 0 Å². The van der Waals surface area contributed by atoms with Crippen LogP contribution < -0.4 is 20.6 Å². The summed E-state index contributed by atoms with van der Waals surface area (Å²) in [5.74, 6) is 0.466. The molecule has 4 rings (SSSR count). The number of ether oxygens (including phenoxy) is 1. The van der Waals surface area contributed by atoms with Crippen LogP contribution in [-0.2, 0) is 6.54 Å². The lowest BCUT2D eigenvalue weighted by atomic mass is 10.2. The molecule has 0 aliphatic carbocycles. The summed E-state index contributed by atoms with van der Waals surface area (Å²) in [6, 6.07) is 10.9. The summed E-state index contributed by atoms with van der Waals surface area (Å²) in [5, 5.41) is 14.9. The highest BCUT2D eigenvalue weighted by Crippen LogP contribution is 2.38. The van der Waals surface area contributed by atoms with Crippen LogP contribution in [0.1, 0.15) is 0 Å². The van der Waals surface area contributed by atoms with E-state index in [-0.39, 0.29) is 23.1 Å². The Kier molecular flexibility index (Phi) is 8.04. The predicted molar refractivity (Wildman–Crippen MR) is 144 cm³/mol. The number of nitro groups is 1. The number of methoxy groups -OCH3 is 1. The van der Waals surface area contributed by atoms with Gasteiger partial charge in [-0.15, -0.1) is 0 Å². The maximum atomic E-state index is 13.2. The summed E-state index contributed by atoms with van der Waals surface area (Å²) in [4.78, 5) is 36.9. The average Bonchev–Trinajstić information content (AvgIpc) is 3.17. The number of rotatable bonds is 11. The lowest BCUT2D eigenvalue weighted by Gasteiger charge is -2.22. The topological polar surface area (TPSA) is 124 Å². The Bertz CT molecular complexity index is 1550. The number of para-hydroxylation sites is 2. The molecule has 0 amide bonds. The Morgan fingerprint density at radius 2 is 1.85 bits per heavy atom. The highest BCUT2D eigenvalue weighted by atomic mass is 19.3. The number of anilines is 3. The molecule has 0 fully saturated rings. The standard InChI is InChI=1S/C25H28F2N8O4/c1-31(2)11-12-32(3)19-14-21(39-4)16(13-20(19)35(37)38)29-24-28-10-9-23(30-24)34-18-8-6-5-7-17(18)33(25(34)36)15-22(26)27/h5-10,13-14,22H,11-12,15H2,1-4H3,(H,28,29,30). The Hall–Kier alpha value is -4.59. The van der Waals surface area contributed by atoms with Crippen LogP contribution in [0.3, 0.4) is 0 Å². The van der Waals surface area contributed by atoms with Crippen LogP contribution in [0.25, 0.3) is 16.9 Å². The summed E-state index contributed by atoms with van der Waals surface area (Å²) in [6.07, 6.45) is -1.33. The van der Waals surface area contributed by atoms with Crippen LogP contribution >= 0.6 is 0 Å². The number of imidazole rings is 1. The normalized spacial score (nSPS) is 11.4. The van der Waals surface area contributed by atoms with E-state index in [1.165, 1.54) is 30.0 Å². The zero-order valence-corrected chi connectivity index (χ0v) is 21.8. The lowest BCUT2D eigenvalue weighted by molar-refractivity contribution is -0.384. The van der Waals surface area contributed by atoms with E-state index in [0.29, 0.717) is 35.6 Å². The van der Waals surface area contributed by atoms with Crippen molar-refractivity contribution in [2.75, 3.05) is 51.6 Å². The number of hydrogen-bond donors (Lipinski definition) is 1. The van der Waals surface area contributed by atoms with E-state index in [2.05, 4.69) is 15.3 Å². The van der Waals surface area contributed by atoms with Gasteiger partial charge in [0, 0.05) is 44.5 Å². The molecule has 2 aromatic carbocycles. The second-order valence-electron chi connectivity index (χ2n) is 8.99. The molecule has 0 saturated heterocycles. The quantitative estimate of drug-likeness (QED) is 0.224. The number of fused-ring (bicyclic) bond motifs is 1. The first-order valence-corrected chi connectivity index (χ1v) is 11.9. The summed E-state index contributed by atoms with van der Waals surface area (Å²) < 4.78 is 34.1. The third-order valence-electron chi connectivity index (χ3n) is 6.06. The fourth-order valence-electron chi connectivity index (χ4n) is 4.15. The third kappa shape index (κ3) is 5.80. The average molecular weight is 543 g/mol. The molecule has 0 aliphatic rings. The van der Waals surface area contributed by atoms with E-state index >= 15 is 0 Å². The maximum Gasteiger partial charge on any atom is 0.335 e. The number of likely N-dealkylation sites (N-methyl/N-ethyl adjacent to an activating group) is 2. The molecule has 0 bridgehead atoms.